The fourth-order valence-corrected chi connectivity index (χ4v) is 3.08. The number of pyridine rings is 1. The summed E-state index contributed by atoms with van der Waals surface area (Å²) in [6.07, 6.45) is 3.45. The van der Waals surface area contributed by atoms with Gasteiger partial charge in [-0.3, -0.25) is 19.5 Å². The number of benzene rings is 1. The number of piperazine rings is 1. The minimum Gasteiger partial charge on any atom is -0.488 e. The van der Waals surface area contributed by atoms with Gasteiger partial charge in [-0.1, -0.05) is 18.2 Å². The molecule has 3 rings (SSSR count). The second-order valence-corrected chi connectivity index (χ2v) is 6.55. The lowest BCUT2D eigenvalue weighted by atomic mass is 10.1. The molecule has 0 spiro atoms. The largest absolute Gasteiger partial charge is 0.488 e. The predicted octanol–water partition coefficient (Wildman–Crippen LogP) is 1.29. The Labute approximate surface area is 158 Å². The highest BCUT2D eigenvalue weighted by Gasteiger charge is 2.27. The van der Waals surface area contributed by atoms with Crippen molar-refractivity contribution in [1.29, 1.82) is 0 Å². The molecule has 2 heterocycles. The number of nitrogens with two attached hydrogens (primary N) is 1. The lowest BCUT2D eigenvalue weighted by molar-refractivity contribution is -0.123. The molecule has 7 nitrogen and oxygen atoms in total. The van der Waals surface area contributed by atoms with E-state index < -0.39 is 0 Å². The number of hydrogen-bond donors (Lipinski definition) is 1. The molecule has 1 aromatic carbocycles. The molecular weight excluding hydrogens is 344 g/mol. The zero-order chi connectivity index (χ0) is 19.2. The Hall–Kier alpha value is -2.93. The van der Waals surface area contributed by atoms with Gasteiger partial charge in [-0.05, 0) is 25.1 Å². The van der Waals surface area contributed by atoms with Crippen molar-refractivity contribution in [3.05, 3.63) is 59.9 Å². The van der Waals surface area contributed by atoms with E-state index in [1.165, 1.54) is 0 Å². The fourth-order valence-electron chi connectivity index (χ4n) is 3.08. The standard InChI is InChI=1S/C20H24N4O3/c1-15(19(21)25)23-9-11-24(12-10-23)20(26)17-6-2-3-7-18(17)27-14-16-5-4-8-22-13-16/h2-8,13,15H,9-12,14H2,1H3,(H2,21,25)/t15-/m1/s1. The van der Waals surface area contributed by atoms with E-state index in [0.29, 0.717) is 44.1 Å². The highest BCUT2D eigenvalue weighted by Crippen LogP contribution is 2.22. The first kappa shape index (κ1) is 18.8. The Morgan fingerprint density at radius 1 is 1.15 bits per heavy atom. The van der Waals surface area contributed by atoms with E-state index in [1.54, 1.807) is 36.4 Å². The summed E-state index contributed by atoms with van der Waals surface area (Å²) < 4.78 is 5.87. The first-order valence-electron chi connectivity index (χ1n) is 8.99. The zero-order valence-electron chi connectivity index (χ0n) is 15.4. The van der Waals surface area contributed by atoms with Crippen LogP contribution in [0.2, 0.25) is 0 Å². The highest BCUT2D eigenvalue weighted by molar-refractivity contribution is 5.97. The van der Waals surface area contributed by atoms with Crippen molar-refractivity contribution < 1.29 is 14.3 Å². The second kappa shape index (κ2) is 8.64. The molecule has 2 aromatic rings. The molecule has 2 N–H and O–H groups in total. The van der Waals surface area contributed by atoms with E-state index in [9.17, 15) is 9.59 Å². The minimum atomic E-state index is -0.344. The summed E-state index contributed by atoms with van der Waals surface area (Å²) in [5, 5.41) is 0. The van der Waals surface area contributed by atoms with E-state index in [1.807, 2.05) is 29.2 Å². The number of ether oxygens (including phenoxy) is 1. The molecule has 1 fully saturated rings. The van der Waals surface area contributed by atoms with Crippen LogP contribution < -0.4 is 10.5 Å². The zero-order valence-corrected chi connectivity index (χ0v) is 15.4. The van der Waals surface area contributed by atoms with Crippen LogP contribution >= 0.6 is 0 Å². The van der Waals surface area contributed by atoms with E-state index in [4.69, 9.17) is 10.5 Å². The molecule has 27 heavy (non-hydrogen) atoms. The molecule has 1 atom stereocenters. The summed E-state index contributed by atoms with van der Waals surface area (Å²) in [6, 6.07) is 10.7. The van der Waals surface area contributed by atoms with Gasteiger partial charge in [0.05, 0.1) is 11.6 Å². The number of hydrogen-bond acceptors (Lipinski definition) is 5. The molecule has 1 aliphatic rings. The highest BCUT2D eigenvalue weighted by atomic mass is 16.5. The number of carbonyl (C=O) groups excluding carboxylic acids is 2. The van der Waals surface area contributed by atoms with Crippen LogP contribution in [0.1, 0.15) is 22.8 Å². The van der Waals surface area contributed by atoms with Crippen molar-refractivity contribution >= 4 is 11.8 Å². The minimum absolute atomic E-state index is 0.0665. The van der Waals surface area contributed by atoms with Crippen LogP contribution in [-0.4, -0.2) is 58.8 Å². The first-order chi connectivity index (χ1) is 13.1. The molecule has 2 amide bonds. The van der Waals surface area contributed by atoms with Crippen molar-refractivity contribution in [2.24, 2.45) is 5.73 Å². The van der Waals surface area contributed by atoms with Gasteiger partial charge >= 0.3 is 0 Å². The summed E-state index contributed by atoms with van der Waals surface area (Å²) in [5.74, 6) is 0.145. The number of rotatable bonds is 6. The van der Waals surface area contributed by atoms with Crippen molar-refractivity contribution in [3.8, 4) is 5.75 Å². The van der Waals surface area contributed by atoms with Gasteiger partial charge in [0, 0.05) is 44.1 Å². The number of para-hydroxylation sites is 1. The van der Waals surface area contributed by atoms with Crippen molar-refractivity contribution in [3.63, 3.8) is 0 Å². The third-order valence-corrected chi connectivity index (χ3v) is 4.80. The summed E-state index contributed by atoms with van der Waals surface area (Å²) in [7, 11) is 0. The van der Waals surface area contributed by atoms with Crippen LogP contribution in [0.5, 0.6) is 5.75 Å². The van der Waals surface area contributed by atoms with Crippen LogP contribution in [0, 0.1) is 0 Å². The van der Waals surface area contributed by atoms with Gasteiger partial charge in [0.25, 0.3) is 5.91 Å². The molecule has 1 aromatic heterocycles. The van der Waals surface area contributed by atoms with Crippen LogP contribution in [-0.2, 0) is 11.4 Å². The van der Waals surface area contributed by atoms with Gasteiger partial charge in [-0.25, -0.2) is 0 Å². The monoisotopic (exact) mass is 368 g/mol. The third-order valence-electron chi connectivity index (χ3n) is 4.80. The lowest BCUT2D eigenvalue weighted by Crippen LogP contribution is -2.54. The molecule has 0 radical (unpaired) electrons. The van der Waals surface area contributed by atoms with Gasteiger partial charge < -0.3 is 15.4 Å². The van der Waals surface area contributed by atoms with Crippen LogP contribution in [0.4, 0.5) is 0 Å². The Morgan fingerprint density at radius 3 is 2.56 bits per heavy atom. The Morgan fingerprint density at radius 2 is 1.89 bits per heavy atom. The van der Waals surface area contributed by atoms with Crippen LogP contribution in [0.25, 0.3) is 0 Å². The average Bonchev–Trinajstić information content (AvgIpc) is 2.72. The average molecular weight is 368 g/mol. The number of carbonyl (C=O) groups is 2. The molecule has 0 bridgehead atoms. The van der Waals surface area contributed by atoms with E-state index >= 15 is 0 Å². The van der Waals surface area contributed by atoms with E-state index in [-0.39, 0.29) is 17.9 Å². The maximum absolute atomic E-state index is 13.0. The molecule has 142 valence electrons. The van der Waals surface area contributed by atoms with E-state index in [0.717, 1.165) is 5.56 Å². The Balaban J connectivity index is 1.64. The second-order valence-electron chi connectivity index (χ2n) is 6.55. The van der Waals surface area contributed by atoms with Gasteiger partial charge in [0.2, 0.25) is 5.91 Å². The number of primary amides is 1. The number of amides is 2. The molecule has 0 unspecified atom stereocenters. The van der Waals surface area contributed by atoms with Crippen molar-refractivity contribution in [2.45, 2.75) is 19.6 Å². The normalized spacial score (nSPS) is 16.0. The summed E-state index contributed by atoms with van der Waals surface area (Å²) in [6.45, 7) is 4.48. The van der Waals surface area contributed by atoms with Gasteiger partial charge in [0.1, 0.15) is 12.4 Å². The molecule has 1 saturated heterocycles. The van der Waals surface area contributed by atoms with Crippen molar-refractivity contribution in [1.82, 2.24) is 14.8 Å². The molecule has 7 heteroatoms. The quantitative estimate of drug-likeness (QED) is 0.830. The van der Waals surface area contributed by atoms with E-state index in [2.05, 4.69) is 4.98 Å². The van der Waals surface area contributed by atoms with Crippen LogP contribution in [0.15, 0.2) is 48.8 Å². The van der Waals surface area contributed by atoms with Gasteiger partial charge in [0.15, 0.2) is 0 Å². The maximum Gasteiger partial charge on any atom is 0.257 e. The summed E-state index contributed by atoms with van der Waals surface area (Å²) in [5.41, 5.74) is 6.85. The molecule has 0 saturated carbocycles. The SMILES string of the molecule is C[C@H](C(N)=O)N1CCN(C(=O)c2ccccc2OCc2cccnc2)CC1. The smallest absolute Gasteiger partial charge is 0.257 e. The van der Waals surface area contributed by atoms with Gasteiger partial charge in [-0.15, -0.1) is 0 Å². The number of nitrogens with zero attached hydrogens (tertiary/aromatic N) is 3. The topological polar surface area (TPSA) is 88.8 Å². The number of aromatic nitrogens is 1. The molecular formula is C20H24N4O3. The Bertz CT molecular complexity index is 789. The fraction of sp³-hybridized carbons (Fsp3) is 0.350. The third kappa shape index (κ3) is 4.62. The predicted molar refractivity (Wildman–Crippen MR) is 101 cm³/mol. The van der Waals surface area contributed by atoms with Crippen molar-refractivity contribution in [2.75, 3.05) is 26.2 Å². The lowest BCUT2D eigenvalue weighted by Gasteiger charge is -2.37. The molecule has 1 aliphatic heterocycles. The summed E-state index contributed by atoms with van der Waals surface area (Å²) in [4.78, 5) is 32.2. The summed E-state index contributed by atoms with van der Waals surface area (Å²) >= 11 is 0. The van der Waals surface area contributed by atoms with Crippen LogP contribution in [0.3, 0.4) is 0 Å². The maximum atomic E-state index is 13.0. The Kier molecular flexibility index (Phi) is 6.03. The first-order valence-corrected chi connectivity index (χ1v) is 8.99. The molecule has 0 aliphatic carbocycles. The van der Waals surface area contributed by atoms with Gasteiger partial charge in [-0.2, -0.15) is 0 Å².